The van der Waals surface area contributed by atoms with Gasteiger partial charge in [-0.1, -0.05) is 11.2 Å². The molecule has 2 atom stereocenters. The van der Waals surface area contributed by atoms with Crippen molar-refractivity contribution in [3.8, 4) is 11.1 Å². The first kappa shape index (κ1) is 14.5. The SMILES string of the molecule is Cc1noc(C)c1-c1ccc(NC2CC3C(C2)C3(F)F)c(N)c1. The van der Waals surface area contributed by atoms with Crippen molar-refractivity contribution in [1.82, 2.24) is 5.16 Å². The first-order valence-electron chi connectivity index (χ1n) is 7.85. The van der Waals surface area contributed by atoms with Gasteiger partial charge in [-0.25, -0.2) is 8.78 Å². The molecule has 3 N–H and O–H groups in total. The van der Waals surface area contributed by atoms with E-state index in [1.807, 2.05) is 32.0 Å². The molecular weight excluding hydrogens is 300 g/mol. The van der Waals surface area contributed by atoms with Crippen LogP contribution in [-0.4, -0.2) is 17.1 Å². The molecule has 2 aromatic rings. The predicted molar refractivity (Wildman–Crippen MR) is 84.4 cm³/mol. The molecule has 122 valence electrons. The fraction of sp³-hybridized carbons (Fsp3) is 0.471. The van der Waals surface area contributed by atoms with Crippen LogP contribution < -0.4 is 11.1 Å². The maximum absolute atomic E-state index is 13.3. The average molecular weight is 319 g/mol. The van der Waals surface area contributed by atoms with Crippen molar-refractivity contribution in [2.75, 3.05) is 11.1 Å². The second-order valence-corrected chi connectivity index (χ2v) is 6.70. The Labute approximate surface area is 133 Å². The van der Waals surface area contributed by atoms with Gasteiger partial charge in [0.15, 0.2) is 0 Å². The largest absolute Gasteiger partial charge is 0.397 e. The average Bonchev–Trinajstić information content (AvgIpc) is 2.88. The third-order valence-electron chi connectivity index (χ3n) is 5.18. The molecule has 4 nitrogen and oxygen atoms in total. The molecule has 0 spiro atoms. The second-order valence-electron chi connectivity index (χ2n) is 6.70. The Kier molecular flexibility index (Phi) is 2.95. The maximum atomic E-state index is 13.3. The van der Waals surface area contributed by atoms with Gasteiger partial charge in [-0.05, 0) is 44.4 Å². The van der Waals surface area contributed by atoms with Gasteiger partial charge in [0, 0.05) is 23.4 Å². The number of alkyl halides is 2. The van der Waals surface area contributed by atoms with Crippen molar-refractivity contribution >= 4 is 11.4 Å². The van der Waals surface area contributed by atoms with E-state index in [1.165, 1.54) is 0 Å². The molecule has 2 unspecified atom stereocenters. The molecule has 2 aliphatic carbocycles. The number of benzene rings is 1. The topological polar surface area (TPSA) is 64.1 Å². The molecule has 23 heavy (non-hydrogen) atoms. The van der Waals surface area contributed by atoms with Crippen LogP contribution in [0.25, 0.3) is 11.1 Å². The van der Waals surface area contributed by atoms with Crippen molar-refractivity contribution in [2.24, 2.45) is 11.8 Å². The first-order valence-corrected chi connectivity index (χ1v) is 7.85. The summed E-state index contributed by atoms with van der Waals surface area (Å²) in [6.07, 6.45) is 1.03. The van der Waals surface area contributed by atoms with Gasteiger partial charge in [0.05, 0.1) is 17.1 Å². The minimum Gasteiger partial charge on any atom is -0.397 e. The third kappa shape index (κ3) is 2.19. The summed E-state index contributed by atoms with van der Waals surface area (Å²) in [4.78, 5) is 0. The number of halogens is 2. The summed E-state index contributed by atoms with van der Waals surface area (Å²) in [6.45, 7) is 3.75. The number of fused-ring (bicyclic) bond motifs is 1. The molecule has 1 heterocycles. The van der Waals surface area contributed by atoms with Gasteiger partial charge in [-0.2, -0.15) is 0 Å². The highest BCUT2D eigenvalue weighted by atomic mass is 19.3. The molecule has 0 bridgehead atoms. The molecule has 6 heteroatoms. The molecule has 1 aromatic carbocycles. The van der Waals surface area contributed by atoms with Crippen molar-refractivity contribution in [3.05, 3.63) is 29.7 Å². The van der Waals surface area contributed by atoms with E-state index < -0.39 is 17.8 Å². The molecule has 0 amide bonds. The van der Waals surface area contributed by atoms with Gasteiger partial charge in [0.25, 0.3) is 5.92 Å². The van der Waals surface area contributed by atoms with Gasteiger partial charge < -0.3 is 15.6 Å². The summed E-state index contributed by atoms with van der Waals surface area (Å²) < 4.78 is 31.7. The van der Waals surface area contributed by atoms with Gasteiger partial charge in [0.1, 0.15) is 5.76 Å². The van der Waals surface area contributed by atoms with E-state index in [4.69, 9.17) is 10.3 Å². The van der Waals surface area contributed by atoms with Crippen LogP contribution >= 0.6 is 0 Å². The normalized spacial score (nSPS) is 27.7. The van der Waals surface area contributed by atoms with Crippen LogP contribution in [0.2, 0.25) is 0 Å². The maximum Gasteiger partial charge on any atom is 0.254 e. The zero-order chi connectivity index (χ0) is 16.4. The number of rotatable bonds is 3. The van der Waals surface area contributed by atoms with E-state index in [-0.39, 0.29) is 6.04 Å². The van der Waals surface area contributed by atoms with E-state index in [9.17, 15) is 8.78 Å². The smallest absolute Gasteiger partial charge is 0.254 e. The Hall–Kier alpha value is -2.11. The molecule has 2 saturated carbocycles. The van der Waals surface area contributed by atoms with Crippen LogP contribution in [0.3, 0.4) is 0 Å². The highest BCUT2D eigenvalue weighted by Crippen LogP contribution is 2.64. The van der Waals surface area contributed by atoms with E-state index in [2.05, 4.69) is 10.5 Å². The number of aromatic nitrogens is 1. The Bertz CT molecular complexity index is 738. The highest BCUT2D eigenvalue weighted by Gasteiger charge is 2.71. The van der Waals surface area contributed by atoms with Crippen molar-refractivity contribution < 1.29 is 13.3 Å². The summed E-state index contributed by atoms with van der Waals surface area (Å²) in [5.74, 6) is -2.57. The minimum atomic E-state index is -2.43. The van der Waals surface area contributed by atoms with Crippen LogP contribution in [0.4, 0.5) is 20.2 Å². The fourth-order valence-electron chi connectivity index (χ4n) is 3.90. The van der Waals surface area contributed by atoms with Gasteiger partial charge in [0.2, 0.25) is 0 Å². The Morgan fingerprint density at radius 3 is 2.52 bits per heavy atom. The summed E-state index contributed by atoms with van der Waals surface area (Å²) in [5, 5.41) is 7.26. The molecule has 0 radical (unpaired) electrons. The minimum absolute atomic E-state index is 0.0804. The lowest BCUT2D eigenvalue weighted by Crippen LogP contribution is -2.21. The number of hydrogen-bond donors (Lipinski definition) is 2. The molecule has 2 aliphatic rings. The number of nitrogens with zero attached hydrogens (tertiary/aromatic N) is 1. The zero-order valence-corrected chi connectivity index (χ0v) is 13.1. The lowest BCUT2D eigenvalue weighted by molar-refractivity contribution is 0.0710. The summed E-state index contributed by atoms with van der Waals surface area (Å²) >= 11 is 0. The van der Waals surface area contributed by atoms with Crippen molar-refractivity contribution in [1.29, 1.82) is 0 Å². The van der Waals surface area contributed by atoms with E-state index in [0.29, 0.717) is 18.5 Å². The second kappa shape index (κ2) is 4.69. The summed E-state index contributed by atoms with van der Waals surface area (Å²) in [7, 11) is 0. The van der Waals surface area contributed by atoms with Crippen molar-refractivity contribution in [3.63, 3.8) is 0 Å². The quantitative estimate of drug-likeness (QED) is 0.840. The lowest BCUT2D eigenvalue weighted by atomic mass is 10.0. The van der Waals surface area contributed by atoms with E-state index in [0.717, 1.165) is 28.3 Å². The number of nitrogen functional groups attached to an aromatic ring is 1. The van der Waals surface area contributed by atoms with Gasteiger partial charge >= 0.3 is 0 Å². The lowest BCUT2D eigenvalue weighted by Gasteiger charge is -2.19. The summed E-state index contributed by atoms with van der Waals surface area (Å²) in [5.41, 5.74) is 10.3. The molecule has 1 aromatic heterocycles. The number of nitrogens with two attached hydrogens (primary N) is 1. The van der Waals surface area contributed by atoms with Crippen LogP contribution in [0, 0.1) is 25.7 Å². The number of nitrogens with one attached hydrogen (secondary N) is 1. The van der Waals surface area contributed by atoms with Crippen LogP contribution in [0.15, 0.2) is 22.7 Å². The predicted octanol–water partition coefficient (Wildman–Crippen LogP) is 4.00. The summed E-state index contributed by atoms with van der Waals surface area (Å²) in [6, 6.07) is 5.81. The van der Waals surface area contributed by atoms with Gasteiger partial charge in [-0.3, -0.25) is 0 Å². The Morgan fingerprint density at radius 2 is 1.96 bits per heavy atom. The van der Waals surface area contributed by atoms with Crippen LogP contribution in [0.5, 0.6) is 0 Å². The van der Waals surface area contributed by atoms with Gasteiger partial charge in [-0.15, -0.1) is 0 Å². The standard InChI is InChI=1S/C17H19F2N3O/c1-8-16(9(2)23-22-8)10-3-4-15(14(20)5-10)21-11-6-12-13(7-11)17(12,18)19/h3-5,11-13,21H,6-7,20H2,1-2H3. The Morgan fingerprint density at radius 1 is 1.26 bits per heavy atom. The molecular formula is C17H19F2N3O. The van der Waals surface area contributed by atoms with E-state index >= 15 is 0 Å². The van der Waals surface area contributed by atoms with Crippen LogP contribution in [-0.2, 0) is 0 Å². The van der Waals surface area contributed by atoms with Crippen LogP contribution in [0.1, 0.15) is 24.3 Å². The molecule has 0 aliphatic heterocycles. The number of hydrogen-bond acceptors (Lipinski definition) is 4. The monoisotopic (exact) mass is 319 g/mol. The van der Waals surface area contributed by atoms with Crippen molar-refractivity contribution in [2.45, 2.75) is 38.7 Å². The third-order valence-corrected chi connectivity index (χ3v) is 5.18. The Balaban J connectivity index is 1.51. The molecule has 2 fully saturated rings. The number of aryl methyl sites for hydroxylation is 2. The fourth-order valence-corrected chi connectivity index (χ4v) is 3.90. The first-order chi connectivity index (χ1) is 10.9. The molecule has 4 rings (SSSR count). The molecule has 0 saturated heterocycles. The van der Waals surface area contributed by atoms with E-state index in [1.54, 1.807) is 0 Å². The number of anilines is 2. The highest BCUT2D eigenvalue weighted by molar-refractivity contribution is 5.77. The zero-order valence-electron chi connectivity index (χ0n) is 13.1.